The Bertz CT molecular complexity index is 42.7. The molecule has 0 aliphatic carbocycles. The van der Waals surface area contributed by atoms with Gasteiger partial charge in [0.25, 0.3) is 0 Å². The van der Waals surface area contributed by atoms with Crippen LogP contribution in [-0.4, -0.2) is 12.1 Å². The summed E-state index contributed by atoms with van der Waals surface area (Å²) in [5.74, 6) is -1.26. The topological polar surface area (TPSA) is 0 Å². The number of hydrogen-bond donors (Lipinski definition) is 0. The highest BCUT2D eigenvalue weighted by Crippen LogP contribution is 2.14. The molecular formula is C2H3ClF3I. The number of halogens is 5. The summed E-state index contributed by atoms with van der Waals surface area (Å²) in [5, 5.41) is 0. The third-order valence-electron chi connectivity index (χ3n) is 0.152. The van der Waals surface area contributed by atoms with Gasteiger partial charge in [0.2, 0.25) is 0 Å². The minimum atomic E-state index is -4.19. The fourth-order valence-electron chi connectivity index (χ4n) is 0. The normalized spacial score (nSPS) is 10.3. The van der Waals surface area contributed by atoms with E-state index in [1.807, 2.05) is 0 Å². The summed E-state index contributed by atoms with van der Waals surface area (Å²) in [5.41, 5.74) is 0. The Labute approximate surface area is 61.0 Å². The lowest BCUT2D eigenvalue weighted by Crippen LogP contribution is -2.07. The van der Waals surface area contributed by atoms with E-state index >= 15 is 0 Å². The lowest BCUT2D eigenvalue weighted by molar-refractivity contribution is -0.106. The number of rotatable bonds is 0. The van der Waals surface area contributed by atoms with Crippen LogP contribution in [0.3, 0.4) is 0 Å². The van der Waals surface area contributed by atoms with Crippen LogP contribution in [0.2, 0.25) is 0 Å². The van der Waals surface area contributed by atoms with Crippen LogP contribution in [-0.2, 0) is 0 Å². The lowest BCUT2D eigenvalue weighted by atomic mass is 10.8. The van der Waals surface area contributed by atoms with Gasteiger partial charge in [0.1, 0.15) is 5.88 Å². The highest BCUT2D eigenvalue weighted by atomic mass is 127. The Morgan fingerprint density at radius 2 is 1.43 bits per heavy atom. The van der Waals surface area contributed by atoms with Gasteiger partial charge in [-0.1, -0.05) is 0 Å². The van der Waals surface area contributed by atoms with Gasteiger partial charge in [-0.25, -0.2) is 0 Å². The molecule has 7 heavy (non-hydrogen) atoms. The highest BCUT2D eigenvalue weighted by molar-refractivity contribution is 14.0. The molecule has 0 amide bonds. The van der Waals surface area contributed by atoms with E-state index in [9.17, 15) is 13.2 Å². The van der Waals surface area contributed by atoms with Gasteiger partial charge < -0.3 is 0 Å². The molecule has 0 aromatic carbocycles. The van der Waals surface area contributed by atoms with E-state index in [1.54, 1.807) is 0 Å². The first-order chi connectivity index (χ1) is 2.56. The van der Waals surface area contributed by atoms with Crippen LogP contribution in [0.5, 0.6) is 0 Å². The molecule has 0 aliphatic rings. The largest absolute Gasteiger partial charge is 0.402 e. The molecule has 0 fully saturated rings. The van der Waals surface area contributed by atoms with Gasteiger partial charge in [-0.05, 0) is 0 Å². The van der Waals surface area contributed by atoms with Gasteiger partial charge in [0.15, 0.2) is 0 Å². The zero-order valence-corrected chi connectivity index (χ0v) is 6.21. The molecule has 0 bridgehead atoms. The lowest BCUT2D eigenvalue weighted by Gasteiger charge is -1.94. The summed E-state index contributed by atoms with van der Waals surface area (Å²) in [6.07, 6.45) is -4.19. The zero-order valence-electron chi connectivity index (χ0n) is 3.13. The molecule has 0 rings (SSSR count). The zero-order chi connectivity index (χ0) is 5.21. The van der Waals surface area contributed by atoms with E-state index in [1.165, 1.54) is 0 Å². The Morgan fingerprint density at radius 3 is 1.43 bits per heavy atom. The molecule has 0 spiro atoms. The SMILES string of the molecule is FC(F)(F)CCl.I. The van der Waals surface area contributed by atoms with Crippen molar-refractivity contribution in [2.75, 3.05) is 5.88 Å². The maximum atomic E-state index is 10.7. The molecule has 0 saturated heterocycles. The van der Waals surface area contributed by atoms with Gasteiger partial charge in [-0.3, -0.25) is 0 Å². The van der Waals surface area contributed by atoms with Gasteiger partial charge >= 0.3 is 6.18 Å². The van der Waals surface area contributed by atoms with Gasteiger partial charge in [0, 0.05) is 0 Å². The summed E-state index contributed by atoms with van der Waals surface area (Å²) in [7, 11) is 0. The molecule has 0 saturated carbocycles. The smallest absolute Gasteiger partial charge is 0.170 e. The van der Waals surface area contributed by atoms with Crippen molar-refractivity contribution >= 4 is 35.6 Å². The molecule has 0 aromatic rings. The second-order valence-corrected chi connectivity index (χ2v) is 1.02. The average Bonchev–Trinajstić information content (AvgIpc) is 1.35. The monoisotopic (exact) mass is 246 g/mol. The molecule has 0 unspecified atom stereocenters. The molecule has 0 nitrogen and oxygen atoms in total. The Kier molecular flexibility index (Phi) is 5.78. The van der Waals surface area contributed by atoms with Crippen LogP contribution >= 0.6 is 35.6 Å². The van der Waals surface area contributed by atoms with Crippen molar-refractivity contribution in [2.45, 2.75) is 6.18 Å². The van der Waals surface area contributed by atoms with E-state index in [2.05, 4.69) is 11.6 Å². The van der Waals surface area contributed by atoms with E-state index < -0.39 is 12.1 Å². The van der Waals surface area contributed by atoms with Crippen LogP contribution in [0.15, 0.2) is 0 Å². The minimum Gasteiger partial charge on any atom is -0.170 e. The second-order valence-electron chi connectivity index (χ2n) is 0.749. The fraction of sp³-hybridized carbons (Fsp3) is 1.00. The molecular weight excluding hydrogens is 243 g/mol. The number of alkyl halides is 4. The third kappa shape index (κ3) is 10.9. The molecule has 0 N–H and O–H groups in total. The Hall–Kier alpha value is 0.810. The standard InChI is InChI=1S/C2H2ClF3.HI/c3-1-2(4,5)6;/h1H2;1H. The Morgan fingerprint density at radius 1 is 1.29 bits per heavy atom. The molecule has 5 heteroatoms. The summed E-state index contributed by atoms with van der Waals surface area (Å²) < 4.78 is 32.0. The van der Waals surface area contributed by atoms with Crippen molar-refractivity contribution in [2.24, 2.45) is 0 Å². The van der Waals surface area contributed by atoms with Gasteiger partial charge in [0.05, 0.1) is 0 Å². The maximum Gasteiger partial charge on any atom is 0.402 e. The molecule has 0 heterocycles. The van der Waals surface area contributed by atoms with Gasteiger partial charge in [-0.2, -0.15) is 13.2 Å². The Balaban J connectivity index is 0. The van der Waals surface area contributed by atoms with Crippen LogP contribution in [0.1, 0.15) is 0 Å². The van der Waals surface area contributed by atoms with E-state index in [4.69, 9.17) is 0 Å². The predicted octanol–water partition coefficient (Wildman–Crippen LogP) is 2.41. The first-order valence-electron chi connectivity index (χ1n) is 1.19. The van der Waals surface area contributed by atoms with Crippen molar-refractivity contribution < 1.29 is 13.2 Å². The highest BCUT2D eigenvalue weighted by Gasteiger charge is 2.24. The van der Waals surface area contributed by atoms with Crippen LogP contribution < -0.4 is 0 Å². The van der Waals surface area contributed by atoms with Crippen molar-refractivity contribution in [3.05, 3.63) is 0 Å². The molecule has 0 aliphatic heterocycles. The van der Waals surface area contributed by atoms with Crippen LogP contribution in [0.25, 0.3) is 0 Å². The van der Waals surface area contributed by atoms with E-state index in [0.717, 1.165) is 0 Å². The van der Waals surface area contributed by atoms with Crippen molar-refractivity contribution in [1.29, 1.82) is 0 Å². The molecule has 0 atom stereocenters. The maximum absolute atomic E-state index is 10.7. The fourth-order valence-corrected chi connectivity index (χ4v) is 0. The average molecular weight is 246 g/mol. The van der Waals surface area contributed by atoms with E-state index in [0.29, 0.717) is 0 Å². The van der Waals surface area contributed by atoms with Crippen LogP contribution in [0.4, 0.5) is 13.2 Å². The summed E-state index contributed by atoms with van der Waals surface area (Å²) in [4.78, 5) is 0. The van der Waals surface area contributed by atoms with Crippen LogP contribution in [0, 0.1) is 0 Å². The number of hydrogen-bond acceptors (Lipinski definition) is 0. The quantitative estimate of drug-likeness (QED) is 0.455. The molecule has 0 aromatic heterocycles. The van der Waals surface area contributed by atoms with Gasteiger partial charge in [-0.15, -0.1) is 35.6 Å². The first kappa shape index (κ1) is 10.7. The second kappa shape index (κ2) is 3.77. The summed E-state index contributed by atoms with van der Waals surface area (Å²) >= 11 is 4.35. The van der Waals surface area contributed by atoms with E-state index in [-0.39, 0.29) is 24.0 Å². The van der Waals surface area contributed by atoms with Crippen molar-refractivity contribution in [3.8, 4) is 0 Å². The minimum absolute atomic E-state index is 0. The molecule has 0 radical (unpaired) electrons. The summed E-state index contributed by atoms with van der Waals surface area (Å²) in [6.45, 7) is 0. The predicted molar refractivity (Wildman–Crippen MR) is 32.2 cm³/mol. The molecule has 46 valence electrons. The third-order valence-corrected chi connectivity index (χ3v) is 0.455. The first-order valence-corrected chi connectivity index (χ1v) is 1.72. The van der Waals surface area contributed by atoms with Crippen molar-refractivity contribution in [1.82, 2.24) is 0 Å². The summed E-state index contributed by atoms with van der Waals surface area (Å²) in [6, 6.07) is 0. The van der Waals surface area contributed by atoms with Crippen molar-refractivity contribution in [3.63, 3.8) is 0 Å².